The van der Waals surface area contributed by atoms with E-state index < -0.39 is 0 Å². The zero-order valence-corrected chi connectivity index (χ0v) is 10.1. The van der Waals surface area contributed by atoms with E-state index in [1.807, 2.05) is 0 Å². The topological polar surface area (TPSA) is 15.3 Å². The molecule has 2 nitrogen and oxygen atoms in total. The van der Waals surface area contributed by atoms with Crippen molar-refractivity contribution < 1.29 is 0 Å². The largest absolute Gasteiger partial charge is 0.313 e. The first-order chi connectivity index (χ1) is 7.27. The molecule has 15 heavy (non-hydrogen) atoms. The summed E-state index contributed by atoms with van der Waals surface area (Å²) in [5.41, 5.74) is 0. The highest BCUT2D eigenvalue weighted by atomic mass is 15.2. The number of nitrogens with zero attached hydrogens (tertiary/aromatic N) is 1. The van der Waals surface area contributed by atoms with E-state index in [-0.39, 0.29) is 0 Å². The van der Waals surface area contributed by atoms with E-state index in [2.05, 4.69) is 30.0 Å². The maximum Gasteiger partial charge on any atom is 0.0240 e. The molecule has 1 heterocycles. The molecule has 1 aliphatic heterocycles. The molecule has 2 heteroatoms. The van der Waals surface area contributed by atoms with E-state index in [1.54, 1.807) is 0 Å². The Bertz CT molecular complexity index is 207. The lowest BCUT2D eigenvalue weighted by Crippen LogP contribution is -2.41. The maximum absolute atomic E-state index is 5.38. The minimum atomic E-state index is 0.536. The minimum absolute atomic E-state index is 0.536. The first-order valence-electron chi connectivity index (χ1n) is 6.18. The van der Waals surface area contributed by atoms with Crippen LogP contribution in [0.15, 0.2) is 0 Å². The number of hydrogen-bond acceptors (Lipinski definition) is 2. The fourth-order valence-electron chi connectivity index (χ4n) is 2.27. The summed E-state index contributed by atoms with van der Waals surface area (Å²) >= 11 is 0. The number of nitrogens with one attached hydrogen (secondary N) is 1. The molecule has 1 N–H and O–H groups in total. The molecule has 0 aromatic carbocycles. The molecule has 1 aliphatic rings. The molecule has 86 valence electrons. The summed E-state index contributed by atoms with van der Waals surface area (Å²) in [5, 5.41) is 3.62. The Hall–Kier alpha value is -0.520. The average Bonchev–Trinajstić information content (AvgIpc) is 2.44. The van der Waals surface area contributed by atoms with E-state index in [0.29, 0.717) is 12.1 Å². The molecular formula is C13H24N2. The van der Waals surface area contributed by atoms with Crippen LogP contribution >= 0.6 is 0 Å². The van der Waals surface area contributed by atoms with Crippen LogP contribution in [0.2, 0.25) is 0 Å². The highest BCUT2D eigenvalue weighted by Crippen LogP contribution is 2.10. The number of terminal acetylenes is 1. The normalized spacial score (nSPS) is 25.5. The zero-order chi connectivity index (χ0) is 11.1. The first kappa shape index (κ1) is 12.5. The highest BCUT2D eigenvalue weighted by molar-refractivity contribution is 4.90. The smallest absolute Gasteiger partial charge is 0.0240 e. The van der Waals surface area contributed by atoms with Crippen molar-refractivity contribution in [3.63, 3.8) is 0 Å². The van der Waals surface area contributed by atoms with Crippen LogP contribution < -0.4 is 5.32 Å². The van der Waals surface area contributed by atoms with Crippen molar-refractivity contribution in [2.75, 3.05) is 19.6 Å². The lowest BCUT2D eigenvalue weighted by Gasteiger charge is -2.29. The monoisotopic (exact) mass is 208 g/mol. The molecule has 0 aromatic heterocycles. The minimum Gasteiger partial charge on any atom is -0.313 e. The second-order valence-corrected chi connectivity index (χ2v) is 4.55. The van der Waals surface area contributed by atoms with Crippen molar-refractivity contribution in [2.45, 2.75) is 51.6 Å². The quantitative estimate of drug-likeness (QED) is 0.710. The predicted molar refractivity (Wildman–Crippen MR) is 65.8 cm³/mol. The van der Waals surface area contributed by atoms with Gasteiger partial charge in [-0.15, -0.1) is 12.3 Å². The van der Waals surface area contributed by atoms with Crippen molar-refractivity contribution in [3.8, 4) is 12.3 Å². The van der Waals surface area contributed by atoms with Gasteiger partial charge in [-0.3, -0.25) is 4.90 Å². The Labute approximate surface area is 94.4 Å². The van der Waals surface area contributed by atoms with Crippen LogP contribution in [0, 0.1) is 12.3 Å². The first-order valence-corrected chi connectivity index (χ1v) is 6.18. The van der Waals surface area contributed by atoms with E-state index in [1.165, 1.54) is 25.8 Å². The fourth-order valence-corrected chi connectivity index (χ4v) is 2.27. The average molecular weight is 208 g/mol. The highest BCUT2D eigenvalue weighted by Gasteiger charge is 2.20. The SMILES string of the molecule is C#CCC(C)N1CCCNC(CCC)C1. The van der Waals surface area contributed by atoms with Gasteiger partial charge in [-0.1, -0.05) is 13.3 Å². The van der Waals surface area contributed by atoms with Crippen LogP contribution in [-0.4, -0.2) is 36.6 Å². The van der Waals surface area contributed by atoms with Gasteiger partial charge in [-0.25, -0.2) is 0 Å². The Morgan fingerprint density at radius 1 is 1.60 bits per heavy atom. The van der Waals surface area contributed by atoms with Gasteiger partial charge in [0.05, 0.1) is 0 Å². The summed E-state index contributed by atoms with van der Waals surface area (Å²) in [6, 6.07) is 1.20. The van der Waals surface area contributed by atoms with Gasteiger partial charge in [-0.2, -0.15) is 0 Å². The van der Waals surface area contributed by atoms with Crippen LogP contribution in [0.5, 0.6) is 0 Å². The second kappa shape index (κ2) is 6.87. The summed E-state index contributed by atoms with van der Waals surface area (Å²) < 4.78 is 0. The van der Waals surface area contributed by atoms with Gasteiger partial charge < -0.3 is 5.32 Å². The van der Waals surface area contributed by atoms with Crippen molar-refractivity contribution in [1.82, 2.24) is 10.2 Å². The molecule has 0 amide bonds. The molecule has 1 rings (SSSR count). The predicted octanol–water partition coefficient (Wildman–Crippen LogP) is 1.86. The van der Waals surface area contributed by atoms with Gasteiger partial charge in [0, 0.05) is 25.0 Å². The van der Waals surface area contributed by atoms with Crippen molar-refractivity contribution in [3.05, 3.63) is 0 Å². The van der Waals surface area contributed by atoms with Crippen molar-refractivity contribution in [1.29, 1.82) is 0 Å². The van der Waals surface area contributed by atoms with Crippen molar-refractivity contribution >= 4 is 0 Å². The van der Waals surface area contributed by atoms with Crippen LogP contribution in [-0.2, 0) is 0 Å². The van der Waals surface area contributed by atoms with Gasteiger partial charge in [0.2, 0.25) is 0 Å². The van der Waals surface area contributed by atoms with Crippen LogP contribution in [0.25, 0.3) is 0 Å². The molecule has 0 aliphatic carbocycles. The third kappa shape index (κ3) is 4.24. The van der Waals surface area contributed by atoms with Gasteiger partial charge in [0.25, 0.3) is 0 Å². The van der Waals surface area contributed by atoms with E-state index in [9.17, 15) is 0 Å². The van der Waals surface area contributed by atoms with E-state index in [0.717, 1.165) is 19.5 Å². The zero-order valence-electron chi connectivity index (χ0n) is 10.1. The molecule has 0 saturated carbocycles. The maximum atomic E-state index is 5.38. The molecule has 0 bridgehead atoms. The molecule has 0 spiro atoms. The summed E-state index contributed by atoms with van der Waals surface area (Å²) in [5.74, 6) is 2.77. The van der Waals surface area contributed by atoms with Gasteiger partial charge in [0.1, 0.15) is 0 Å². The summed E-state index contributed by atoms with van der Waals surface area (Å²) in [6.07, 6.45) is 10.0. The summed E-state index contributed by atoms with van der Waals surface area (Å²) in [4.78, 5) is 2.54. The Kier molecular flexibility index (Phi) is 5.75. The lowest BCUT2D eigenvalue weighted by molar-refractivity contribution is 0.204. The molecule has 2 unspecified atom stereocenters. The van der Waals surface area contributed by atoms with Gasteiger partial charge in [-0.05, 0) is 32.9 Å². The molecular weight excluding hydrogens is 184 g/mol. The summed E-state index contributed by atoms with van der Waals surface area (Å²) in [6.45, 7) is 8.01. The van der Waals surface area contributed by atoms with E-state index in [4.69, 9.17) is 6.42 Å². The molecule has 2 atom stereocenters. The number of hydrogen-bond donors (Lipinski definition) is 1. The lowest BCUT2D eigenvalue weighted by atomic mass is 10.1. The summed E-state index contributed by atoms with van der Waals surface area (Å²) in [7, 11) is 0. The standard InChI is InChI=1S/C13H24N2/c1-4-7-12(3)15-10-6-9-14-13(11-15)8-5-2/h1,12-14H,5-11H2,2-3H3. The fraction of sp³-hybridized carbons (Fsp3) is 0.846. The third-order valence-electron chi connectivity index (χ3n) is 3.18. The van der Waals surface area contributed by atoms with E-state index >= 15 is 0 Å². The molecule has 0 radical (unpaired) electrons. The molecule has 0 aromatic rings. The van der Waals surface area contributed by atoms with Crippen molar-refractivity contribution in [2.24, 2.45) is 0 Å². The Balaban J connectivity index is 2.45. The van der Waals surface area contributed by atoms with Crippen LogP contribution in [0.3, 0.4) is 0 Å². The molecule has 1 saturated heterocycles. The number of rotatable bonds is 4. The van der Waals surface area contributed by atoms with Crippen LogP contribution in [0.4, 0.5) is 0 Å². The Morgan fingerprint density at radius 2 is 2.40 bits per heavy atom. The van der Waals surface area contributed by atoms with Gasteiger partial charge in [0.15, 0.2) is 0 Å². The second-order valence-electron chi connectivity index (χ2n) is 4.55. The van der Waals surface area contributed by atoms with Gasteiger partial charge >= 0.3 is 0 Å². The molecule has 1 fully saturated rings. The Morgan fingerprint density at radius 3 is 3.07 bits per heavy atom. The third-order valence-corrected chi connectivity index (χ3v) is 3.18. The van der Waals surface area contributed by atoms with Crippen LogP contribution in [0.1, 0.15) is 39.5 Å².